The lowest BCUT2D eigenvalue weighted by Gasteiger charge is -2.21. The third-order valence-electron chi connectivity index (χ3n) is 6.84. The summed E-state index contributed by atoms with van der Waals surface area (Å²) in [5, 5.41) is -0.610. The number of benzene rings is 2. The molecule has 0 aromatic heterocycles. The van der Waals surface area contributed by atoms with Crippen LogP contribution in [0.2, 0.25) is 10.0 Å². The van der Waals surface area contributed by atoms with Gasteiger partial charge in [-0.1, -0.05) is 29.3 Å². The van der Waals surface area contributed by atoms with Gasteiger partial charge in [-0.15, -0.1) is 0 Å². The molecule has 0 unspecified atom stereocenters. The molecule has 14 heteroatoms. The van der Waals surface area contributed by atoms with Gasteiger partial charge in [0.2, 0.25) is 0 Å². The summed E-state index contributed by atoms with van der Waals surface area (Å²) >= 11 is 12.5. The quantitative estimate of drug-likeness (QED) is 0.162. The van der Waals surface area contributed by atoms with Crippen molar-refractivity contribution in [3.8, 4) is 0 Å². The number of rotatable bonds is 11. The Kier molecular flexibility index (Phi) is 12.2. The van der Waals surface area contributed by atoms with Crippen molar-refractivity contribution in [1.82, 2.24) is 0 Å². The zero-order valence-electron chi connectivity index (χ0n) is 24.3. The third kappa shape index (κ3) is 9.34. The van der Waals surface area contributed by atoms with E-state index >= 15 is 0 Å². The Morgan fingerprint density at radius 2 is 1.00 bits per heavy atom. The minimum atomic E-state index is -4.08. The van der Waals surface area contributed by atoms with Crippen molar-refractivity contribution in [2.75, 3.05) is 0 Å². The number of alkyl halides is 6. The van der Waals surface area contributed by atoms with Crippen molar-refractivity contribution in [3.63, 3.8) is 0 Å². The molecule has 2 aromatic carbocycles. The van der Waals surface area contributed by atoms with Gasteiger partial charge in [-0.3, -0.25) is 0 Å². The van der Waals surface area contributed by atoms with Gasteiger partial charge in [0, 0.05) is 30.8 Å². The molecule has 0 spiro atoms. The minimum Gasteiger partial charge on any atom is -0.202 e. The molecule has 0 N–H and O–H groups in total. The van der Waals surface area contributed by atoms with E-state index in [0.717, 1.165) is 24.3 Å². The van der Waals surface area contributed by atoms with E-state index in [1.54, 1.807) is 0 Å². The van der Waals surface area contributed by atoms with Crippen molar-refractivity contribution in [2.45, 2.75) is 71.6 Å². The van der Waals surface area contributed by atoms with Crippen LogP contribution < -0.4 is 0 Å². The SMILES string of the molecule is Cc1c(Cl)cc(C(=CCCCC(=C(F)F)C(C)(F)F)c2cc(Cl)c(C)c(C(=C(F)F)C(C)(F)F)c2)cc1C(=C(F)F)C(C)(F)F. The first-order valence-electron chi connectivity index (χ1n) is 13.0. The number of halogens is 14. The predicted octanol–water partition coefficient (Wildman–Crippen LogP) is 13.5. The van der Waals surface area contributed by atoms with Crippen LogP contribution in [-0.4, -0.2) is 17.8 Å². The van der Waals surface area contributed by atoms with Crippen LogP contribution in [0.15, 0.2) is 54.2 Å². The summed E-state index contributed by atoms with van der Waals surface area (Å²) in [5.41, 5.74) is -7.17. The van der Waals surface area contributed by atoms with Gasteiger partial charge in [-0.05, 0) is 96.3 Å². The fourth-order valence-corrected chi connectivity index (χ4v) is 5.04. The molecule has 0 atom stereocenters. The van der Waals surface area contributed by atoms with Crippen molar-refractivity contribution >= 4 is 39.9 Å². The summed E-state index contributed by atoms with van der Waals surface area (Å²) in [6.45, 7) is 3.05. The van der Waals surface area contributed by atoms with E-state index in [4.69, 9.17) is 23.2 Å². The second-order valence-corrected chi connectivity index (χ2v) is 11.3. The Labute approximate surface area is 261 Å². The van der Waals surface area contributed by atoms with Crippen LogP contribution in [-0.2, 0) is 0 Å². The molecular weight excluding hydrogens is 671 g/mol. The molecular formula is C31H26Cl2F12. The number of hydrogen-bond acceptors (Lipinski definition) is 0. The zero-order chi connectivity index (χ0) is 34.8. The second-order valence-electron chi connectivity index (χ2n) is 10.4. The topological polar surface area (TPSA) is 0 Å². The summed E-state index contributed by atoms with van der Waals surface area (Å²) in [4.78, 5) is 0. The zero-order valence-corrected chi connectivity index (χ0v) is 25.8. The molecule has 0 saturated heterocycles. The Balaban J connectivity index is 2.94. The molecule has 2 rings (SSSR count). The van der Waals surface area contributed by atoms with Crippen LogP contribution in [0.4, 0.5) is 52.7 Å². The standard InChI is InChI=1S/C31H26Cl2F12/c1-14-19(24(27(36)37)30(4,42)43)10-16(12-22(14)32)18(8-6-7-9-21(26(34)35)29(3,40)41)17-11-20(15(2)23(33)13-17)25(28(38)39)31(5,44)45/h8,10-13H,6-7,9H2,1-5H3. The van der Waals surface area contributed by atoms with Crippen molar-refractivity contribution in [2.24, 2.45) is 0 Å². The average molecular weight is 697 g/mol. The van der Waals surface area contributed by atoms with Crippen LogP contribution in [0, 0.1) is 13.8 Å². The Morgan fingerprint density at radius 3 is 1.29 bits per heavy atom. The van der Waals surface area contributed by atoms with E-state index in [9.17, 15) is 52.7 Å². The smallest absolute Gasteiger partial charge is 0.202 e. The Morgan fingerprint density at radius 1 is 0.622 bits per heavy atom. The fourth-order valence-electron chi connectivity index (χ4n) is 4.60. The van der Waals surface area contributed by atoms with Crippen molar-refractivity contribution < 1.29 is 52.7 Å². The maximum atomic E-state index is 14.3. The molecule has 0 heterocycles. The van der Waals surface area contributed by atoms with Crippen LogP contribution in [0.25, 0.3) is 16.7 Å². The molecule has 0 amide bonds. The second kappa shape index (κ2) is 14.3. The van der Waals surface area contributed by atoms with E-state index in [1.165, 1.54) is 19.9 Å². The highest BCUT2D eigenvalue weighted by atomic mass is 35.5. The average Bonchev–Trinajstić information content (AvgIpc) is 2.83. The number of allylic oxidation sites excluding steroid dienone is 4. The highest BCUT2D eigenvalue weighted by molar-refractivity contribution is 6.32. The molecule has 248 valence electrons. The summed E-state index contributed by atoms with van der Waals surface area (Å²) in [6, 6.07) is 4.02. The summed E-state index contributed by atoms with van der Waals surface area (Å²) < 4.78 is 166. The van der Waals surface area contributed by atoms with Crippen LogP contribution in [0.5, 0.6) is 0 Å². The Bertz CT molecular complexity index is 1460. The van der Waals surface area contributed by atoms with Gasteiger partial charge >= 0.3 is 0 Å². The summed E-state index contributed by atoms with van der Waals surface area (Å²) in [5.74, 6) is -12.0. The molecule has 2 aromatic rings. The number of hydrogen-bond donors (Lipinski definition) is 0. The van der Waals surface area contributed by atoms with Gasteiger partial charge in [0.1, 0.15) is 0 Å². The van der Waals surface area contributed by atoms with Crippen molar-refractivity contribution in [3.05, 3.63) is 97.6 Å². The molecule has 0 aliphatic rings. The molecule has 0 nitrogen and oxygen atoms in total. The molecule has 0 fully saturated rings. The third-order valence-corrected chi connectivity index (χ3v) is 7.63. The number of unbranched alkanes of at least 4 members (excludes halogenated alkanes) is 1. The van der Waals surface area contributed by atoms with E-state index in [-0.39, 0.29) is 71.5 Å². The van der Waals surface area contributed by atoms with Gasteiger partial charge in [-0.2, -0.15) is 26.3 Å². The summed E-state index contributed by atoms with van der Waals surface area (Å²) in [7, 11) is 0. The molecule has 0 aliphatic heterocycles. The van der Waals surface area contributed by atoms with E-state index < -0.39 is 70.3 Å². The van der Waals surface area contributed by atoms with Crippen molar-refractivity contribution in [1.29, 1.82) is 0 Å². The first kappa shape index (κ1) is 38.3. The van der Waals surface area contributed by atoms with E-state index in [1.807, 2.05) is 0 Å². The molecule has 0 aliphatic carbocycles. The predicted molar refractivity (Wildman–Crippen MR) is 153 cm³/mol. The van der Waals surface area contributed by atoms with Crippen LogP contribution in [0.1, 0.15) is 73.4 Å². The monoisotopic (exact) mass is 696 g/mol. The highest BCUT2D eigenvalue weighted by Crippen LogP contribution is 2.44. The molecule has 0 saturated carbocycles. The first-order valence-corrected chi connectivity index (χ1v) is 13.8. The molecule has 45 heavy (non-hydrogen) atoms. The lowest BCUT2D eigenvalue weighted by molar-refractivity contribution is 0.0526. The normalized spacial score (nSPS) is 12.2. The maximum Gasteiger partial charge on any atom is 0.280 e. The van der Waals surface area contributed by atoms with Crippen LogP contribution >= 0.6 is 23.2 Å². The molecule has 0 radical (unpaired) electrons. The van der Waals surface area contributed by atoms with E-state index in [2.05, 4.69) is 0 Å². The lowest BCUT2D eigenvalue weighted by atomic mass is 9.87. The fraction of sp³-hybridized carbons (Fsp3) is 0.355. The van der Waals surface area contributed by atoms with Gasteiger partial charge < -0.3 is 0 Å². The highest BCUT2D eigenvalue weighted by Gasteiger charge is 2.37. The molecule has 0 bridgehead atoms. The van der Waals surface area contributed by atoms with Gasteiger partial charge in [-0.25, -0.2) is 26.3 Å². The summed E-state index contributed by atoms with van der Waals surface area (Å²) in [6.07, 6.45) is -8.34. The van der Waals surface area contributed by atoms with Gasteiger partial charge in [0.05, 0.1) is 16.7 Å². The first-order chi connectivity index (χ1) is 20.4. The lowest BCUT2D eigenvalue weighted by Crippen LogP contribution is -2.15. The largest absolute Gasteiger partial charge is 0.280 e. The van der Waals surface area contributed by atoms with Gasteiger partial charge in [0.15, 0.2) is 0 Å². The minimum absolute atomic E-state index is 0.160. The Hall–Kier alpha value is -2.86. The maximum absolute atomic E-state index is 14.3. The van der Waals surface area contributed by atoms with Crippen LogP contribution in [0.3, 0.4) is 0 Å². The van der Waals surface area contributed by atoms with E-state index in [0.29, 0.717) is 0 Å². The van der Waals surface area contributed by atoms with Gasteiger partial charge in [0.25, 0.3) is 36.0 Å².